The molecule has 0 saturated heterocycles. The van der Waals surface area contributed by atoms with Crippen molar-refractivity contribution in [2.45, 2.75) is 45.2 Å². The minimum absolute atomic E-state index is 0. The predicted molar refractivity (Wildman–Crippen MR) is 252 cm³/mol. The van der Waals surface area contributed by atoms with Crippen LogP contribution >= 0.6 is 0 Å². The van der Waals surface area contributed by atoms with E-state index in [0.717, 1.165) is 30.5 Å². The number of hydrogen-bond acceptors (Lipinski definition) is 4. The summed E-state index contributed by atoms with van der Waals surface area (Å²) in [4.78, 5) is 13.3. The first-order valence-electron chi connectivity index (χ1n) is 28.0. The van der Waals surface area contributed by atoms with E-state index in [4.69, 9.17) is 15.4 Å². The Morgan fingerprint density at radius 1 is 0.569 bits per heavy atom. The largest absolute Gasteiger partial charge is 3.00 e. The molecule has 0 spiro atoms. The molecule has 6 aromatic carbocycles. The molecule has 0 N–H and O–H groups in total. The summed E-state index contributed by atoms with van der Waals surface area (Å²) >= 11 is 0. The second kappa shape index (κ2) is 19.4. The number of nitrogens with zero attached hydrogens (tertiary/aromatic N) is 3. The van der Waals surface area contributed by atoms with E-state index in [1.165, 1.54) is 30.6 Å². The number of pyridine rings is 3. The van der Waals surface area contributed by atoms with Crippen LogP contribution in [0.25, 0.3) is 66.8 Å². The Morgan fingerprint density at radius 2 is 1.18 bits per heavy atom. The van der Waals surface area contributed by atoms with Gasteiger partial charge >= 0.3 is 20.1 Å². The van der Waals surface area contributed by atoms with Gasteiger partial charge in [-0.2, -0.15) is 0 Å². The molecule has 0 aliphatic heterocycles. The van der Waals surface area contributed by atoms with E-state index >= 15 is 8.78 Å². The van der Waals surface area contributed by atoms with Crippen LogP contribution in [-0.4, -0.2) is 15.0 Å². The van der Waals surface area contributed by atoms with Crippen molar-refractivity contribution in [3.05, 3.63) is 233 Å². The average Bonchev–Trinajstić information content (AvgIpc) is 4.03. The molecule has 0 fully saturated rings. The molecule has 0 unspecified atom stereocenters. The molecule has 318 valence electrons. The topological polar surface area (TPSA) is 51.8 Å². The molecular weight excluding hydrogens is 985 g/mol. The summed E-state index contributed by atoms with van der Waals surface area (Å²) in [6.07, 6.45) is -8.10. The van der Waals surface area contributed by atoms with Gasteiger partial charge in [-0.05, 0) is 114 Å². The summed E-state index contributed by atoms with van der Waals surface area (Å²) in [6.45, 7) is -3.07. The van der Waals surface area contributed by atoms with Gasteiger partial charge < -0.3 is 19.4 Å². The fraction of sp³-hybridized carbons (Fsp3) is 0.121. The molecule has 4 nitrogen and oxygen atoms in total. The fourth-order valence-corrected chi connectivity index (χ4v) is 7.16. The van der Waals surface area contributed by atoms with E-state index in [2.05, 4.69) is 33.2 Å². The van der Waals surface area contributed by atoms with Crippen molar-refractivity contribution in [1.29, 1.82) is 0 Å². The molecule has 7 heteroatoms. The van der Waals surface area contributed by atoms with Gasteiger partial charge in [-0.1, -0.05) is 83.1 Å². The second-order valence-corrected chi connectivity index (χ2v) is 14.6. The Bertz CT molecular complexity index is 3890. The number of fused-ring (bicyclic) bond motifs is 3. The Morgan fingerprint density at radius 3 is 1.75 bits per heavy atom. The summed E-state index contributed by atoms with van der Waals surface area (Å²) in [5, 5.41) is 0.211. The summed E-state index contributed by atoms with van der Waals surface area (Å²) in [7, 11) is 0. The molecule has 0 atom stereocenters. The van der Waals surface area contributed by atoms with Crippen molar-refractivity contribution in [2.24, 2.45) is 0 Å². The normalized spacial score (nSPS) is 15.9. The van der Waals surface area contributed by atoms with Gasteiger partial charge in [0.15, 0.2) is 0 Å². The van der Waals surface area contributed by atoms with Gasteiger partial charge in [0.05, 0.1) is 18.0 Å². The van der Waals surface area contributed by atoms with Gasteiger partial charge in [0, 0.05) is 44.6 Å². The maximum Gasteiger partial charge on any atom is 3.00 e. The monoisotopic (exact) mass is 1040 g/mol. The fourth-order valence-electron chi connectivity index (χ4n) is 7.16. The van der Waals surface area contributed by atoms with Crippen LogP contribution in [0.15, 0.2) is 168 Å². The molecule has 0 saturated carbocycles. The van der Waals surface area contributed by atoms with Crippen molar-refractivity contribution in [3.8, 4) is 44.9 Å². The molecular formula is C58H42F2IrN3O. The third-order valence-corrected chi connectivity index (χ3v) is 10.3. The molecule has 0 bridgehead atoms. The van der Waals surface area contributed by atoms with Crippen LogP contribution in [0.1, 0.15) is 60.9 Å². The maximum absolute atomic E-state index is 16.8. The van der Waals surface area contributed by atoms with Gasteiger partial charge in [-0.3, -0.25) is 0 Å². The Balaban J connectivity index is 0.00000792. The minimum atomic E-state index is -3.31. The number of halogens is 2. The van der Waals surface area contributed by atoms with Crippen LogP contribution in [0.2, 0.25) is 0 Å². The van der Waals surface area contributed by atoms with E-state index in [1.54, 1.807) is 36.4 Å². The zero-order valence-electron chi connectivity index (χ0n) is 50.0. The summed E-state index contributed by atoms with van der Waals surface area (Å²) in [6, 6.07) is 33.9. The second-order valence-electron chi connectivity index (χ2n) is 14.6. The van der Waals surface area contributed by atoms with Crippen molar-refractivity contribution in [2.75, 3.05) is 0 Å². The molecule has 0 radical (unpaired) electrons. The quantitative estimate of drug-likeness (QED) is 0.108. The zero-order valence-corrected chi connectivity index (χ0v) is 36.4. The van der Waals surface area contributed by atoms with E-state index in [-0.39, 0.29) is 77.3 Å². The van der Waals surface area contributed by atoms with E-state index in [1.807, 2.05) is 36.4 Å². The molecule has 65 heavy (non-hydrogen) atoms. The average molecular weight is 1040 g/mol. The van der Waals surface area contributed by atoms with Gasteiger partial charge in [-0.25, -0.2) is 8.78 Å². The Labute approximate surface area is 413 Å². The molecule has 0 amide bonds. The van der Waals surface area contributed by atoms with Crippen LogP contribution in [0.5, 0.6) is 0 Å². The third kappa shape index (κ3) is 9.63. The van der Waals surface area contributed by atoms with Crippen LogP contribution in [0, 0.1) is 36.7 Å². The smallest absolute Gasteiger partial charge is 0.500 e. The van der Waals surface area contributed by atoms with Crippen LogP contribution in [0.3, 0.4) is 0 Å². The number of aromatic nitrogens is 3. The van der Waals surface area contributed by atoms with Gasteiger partial charge in [0.1, 0.15) is 17.2 Å². The summed E-state index contributed by atoms with van der Waals surface area (Å²) < 4.78 is 180. The minimum Gasteiger partial charge on any atom is -0.500 e. The van der Waals surface area contributed by atoms with Crippen molar-refractivity contribution in [3.63, 3.8) is 0 Å². The van der Waals surface area contributed by atoms with Crippen LogP contribution in [0.4, 0.5) is 8.78 Å². The number of benzene rings is 6. The van der Waals surface area contributed by atoms with Gasteiger partial charge in [0.2, 0.25) is 0 Å². The first-order chi connectivity index (χ1) is 37.7. The van der Waals surface area contributed by atoms with E-state index in [9.17, 15) is 11.0 Å². The number of rotatable bonds is 13. The number of aryl methyl sites for hydroxylation is 6. The molecule has 10 rings (SSSR count). The molecule has 0 aliphatic rings. The molecule has 4 aromatic heterocycles. The van der Waals surface area contributed by atoms with Crippen molar-refractivity contribution >= 4 is 21.9 Å². The molecule has 0 aliphatic carbocycles. The van der Waals surface area contributed by atoms with Crippen LogP contribution < -0.4 is 0 Å². The van der Waals surface area contributed by atoms with Crippen LogP contribution in [-0.2, 0) is 58.4 Å². The molecule has 10 aromatic rings. The summed E-state index contributed by atoms with van der Waals surface area (Å²) in [5.41, 5.74) is -1.40. The maximum atomic E-state index is 16.8. The van der Waals surface area contributed by atoms with Gasteiger partial charge in [0.25, 0.3) is 0 Å². The Kier molecular flexibility index (Phi) is 8.40. The molecule has 4 heterocycles. The zero-order chi connectivity index (χ0) is 57.4. The van der Waals surface area contributed by atoms with E-state index < -0.39 is 102 Å². The standard InChI is InChI=1S/C58H42F2N3O.Ir/c1-38-15-24-46(25-16-38)56-51(59)28-27-49-48-13-8-14-50(57(48)64-58(49)56)55-34-52(60)47(37-63-55)26-21-43-32-41(19-17-39-22-29-53(61-35-39)44-9-4-2-5-10-44)31-42(33-43)20-18-40-23-30-54(62-36-40)45-11-6-3-7-12-45;/h2-9,11,13,15-16,22-25,27-37H,17-21,26H2,1H3;/q-3;+3/i1D3,15D,16D,19D2,20D2,21D2,24D,25D,26D2,28D;. The van der Waals surface area contributed by atoms with Crippen molar-refractivity contribution in [1.82, 2.24) is 15.0 Å². The van der Waals surface area contributed by atoms with Gasteiger partial charge in [-0.15, -0.1) is 90.0 Å². The first kappa shape index (κ1) is 28.1. The third-order valence-electron chi connectivity index (χ3n) is 10.3. The first-order valence-corrected chi connectivity index (χ1v) is 20.0. The Hall–Kier alpha value is -6.92. The van der Waals surface area contributed by atoms with Crippen molar-refractivity contribution < 1.29 is 55.2 Å². The SMILES string of the molecule is [2H]c1cc2c(oc3c(-c4cc(F)c(C([2H])([2H])C([2H])([2H])c5cc(C([2H])([2H])Cc6ccc(-c7[c-]cccc7)nc6)cc(C([2H])([2H])Cc6ccc(-c7[c-]cccc7)nc6)c5)cn4)[c-]ccc32)c(-c2c([2H])c([2H])c(C([2H])([2H])[2H])c([2H])c2[2H])c1F.[Ir+3]. The number of hydrogen-bond donors (Lipinski definition) is 0. The predicted octanol–water partition coefficient (Wildman–Crippen LogP) is 13.8. The number of furan rings is 1. The summed E-state index contributed by atoms with van der Waals surface area (Å²) in [5.74, 6) is -2.62. The van der Waals surface area contributed by atoms with E-state index in [0.29, 0.717) is 33.6 Å².